The number of rotatable bonds is 3. The summed E-state index contributed by atoms with van der Waals surface area (Å²) in [5.74, 6) is -1.34. The van der Waals surface area contributed by atoms with Gasteiger partial charge in [-0.15, -0.1) is 0 Å². The highest BCUT2D eigenvalue weighted by Crippen LogP contribution is 2.37. The van der Waals surface area contributed by atoms with E-state index in [0.29, 0.717) is 16.8 Å². The lowest BCUT2D eigenvalue weighted by Gasteiger charge is -2.09. The van der Waals surface area contributed by atoms with Crippen molar-refractivity contribution in [1.82, 2.24) is 9.97 Å². The predicted molar refractivity (Wildman–Crippen MR) is 77.4 cm³/mol. The first-order valence-electron chi connectivity index (χ1n) is 6.63. The van der Waals surface area contributed by atoms with E-state index in [4.69, 9.17) is 4.74 Å². The molecule has 0 fully saturated rings. The standard InChI is InChI=1S/C16H14F2N2O/c1-3-9-4-12-13(8-20-16(12)19-7-9)11-5-10(17)6-14(18)15(11)21-2/h4-8H,3H2,1-2H3,(H,19,20). The normalized spacial score (nSPS) is 11.0. The molecule has 0 atom stereocenters. The van der Waals surface area contributed by atoms with Crippen LogP contribution in [0.4, 0.5) is 8.78 Å². The summed E-state index contributed by atoms with van der Waals surface area (Å²) < 4.78 is 32.5. The SMILES string of the molecule is CCc1cnc2[nH]cc(-c3cc(F)cc(F)c3OC)c2c1. The summed E-state index contributed by atoms with van der Waals surface area (Å²) in [7, 11) is 1.37. The smallest absolute Gasteiger partial charge is 0.168 e. The van der Waals surface area contributed by atoms with Gasteiger partial charge in [-0.3, -0.25) is 0 Å². The molecule has 0 aliphatic carbocycles. The van der Waals surface area contributed by atoms with Gasteiger partial charge in [-0.25, -0.2) is 13.8 Å². The monoisotopic (exact) mass is 288 g/mol. The summed E-state index contributed by atoms with van der Waals surface area (Å²) >= 11 is 0. The van der Waals surface area contributed by atoms with Crippen molar-refractivity contribution in [2.45, 2.75) is 13.3 Å². The molecule has 2 aromatic heterocycles. The molecule has 1 aromatic carbocycles. The summed E-state index contributed by atoms with van der Waals surface area (Å²) in [4.78, 5) is 7.33. The van der Waals surface area contributed by atoms with Crippen LogP contribution in [0.1, 0.15) is 12.5 Å². The Kier molecular flexibility index (Phi) is 3.33. The van der Waals surface area contributed by atoms with Crippen LogP contribution in [0.25, 0.3) is 22.2 Å². The molecule has 3 aromatic rings. The molecule has 0 spiro atoms. The fourth-order valence-corrected chi connectivity index (χ4v) is 2.43. The number of H-pyrrole nitrogens is 1. The van der Waals surface area contributed by atoms with E-state index in [1.807, 2.05) is 13.0 Å². The Morgan fingerprint density at radius 2 is 2.00 bits per heavy atom. The summed E-state index contributed by atoms with van der Waals surface area (Å²) in [5.41, 5.74) is 2.77. The van der Waals surface area contributed by atoms with Gasteiger partial charge in [-0.1, -0.05) is 6.92 Å². The van der Waals surface area contributed by atoms with Crippen LogP contribution in [0.15, 0.2) is 30.6 Å². The third-order valence-electron chi connectivity index (χ3n) is 3.50. The van der Waals surface area contributed by atoms with Crippen LogP contribution in [-0.2, 0) is 6.42 Å². The van der Waals surface area contributed by atoms with E-state index < -0.39 is 11.6 Å². The largest absolute Gasteiger partial charge is 0.493 e. The fraction of sp³-hybridized carbons (Fsp3) is 0.188. The molecular weight excluding hydrogens is 274 g/mol. The number of methoxy groups -OCH3 is 1. The molecule has 5 heteroatoms. The zero-order chi connectivity index (χ0) is 15.0. The first-order valence-corrected chi connectivity index (χ1v) is 6.63. The van der Waals surface area contributed by atoms with Crippen LogP contribution in [0.3, 0.4) is 0 Å². The van der Waals surface area contributed by atoms with E-state index in [0.717, 1.165) is 23.4 Å². The maximum Gasteiger partial charge on any atom is 0.168 e. The minimum atomic E-state index is -0.721. The highest BCUT2D eigenvalue weighted by Gasteiger charge is 2.17. The van der Waals surface area contributed by atoms with E-state index in [1.165, 1.54) is 13.2 Å². The second-order valence-electron chi connectivity index (χ2n) is 4.76. The number of benzene rings is 1. The molecule has 0 aliphatic rings. The predicted octanol–water partition coefficient (Wildman–Crippen LogP) is 4.08. The number of ether oxygens (including phenoxy) is 1. The summed E-state index contributed by atoms with van der Waals surface area (Å²) in [5, 5.41) is 0.817. The third-order valence-corrected chi connectivity index (χ3v) is 3.50. The van der Waals surface area contributed by atoms with E-state index in [1.54, 1.807) is 12.4 Å². The number of hydrogen-bond acceptors (Lipinski definition) is 2. The zero-order valence-electron chi connectivity index (χ0n) is 11.7. The highest BCUT2D eigenvalue weighted by molar-refractivity contribution is 5.95. The van der Waals surface area contributed by atoms with Crippen molar-refractivity contribution >= 4 is 11.0 Å². The molecule has 0 unspecified atom stereocenters. The van der Waals surface area contributed by atoms with Gasteiger partial charge in [0.15, 0.2) is 11.6 Å². The Bertz CT molecular complexity index is 811. The molecule has 0 radical (unpaired) electrons. The Morgan fingerprint density at radius 1 is 1.19 bits per heavy atom. The average Bonchev–Trinajstić information content (AvgIpc) is 2.89. The van der Waals surface area contributed by atoms with Crippen LogP contribution in [-0.4, -0.2) is 17.1 Å². The van der Waals surface area contributed by atoms with Gasteiger partial charge in [0.2, 0.25) is 0 Å². The van der Waals surface area contributed by atoms with E-state index in [9.17, 15) is 8.78 Å². The minimum absolute atomic E-state index is 0.0270. The van der Waals surface area contributed by atoms with E-state index in [2.05, 4.69) is 9.97 Å². The molecule has 0 bridgehead atoms. The number of nitrogens with one attached hydrogen (secondary N) is 1. The number of aryl methyl sites for hydroxylation is 1. The van der Waals surface area contributed by atoms with Crippen molar-refractivity contribution in [3.63, 3.8) is 0 Å². The van der Waals surface area contributed by atoms with Gasteiger partial charge in [0.1, 0.15) is 11.5 Å². The van der Waals surface area contributed by atoms with Gasteiger partial charge in [0.25, 0.3) is 0 Å². The van der Waals surface area contributed by atoms with Crippen molar-refractivity contribution < 1.29 is 13.5 Å². The lowest BCUT2D eigenvalue weighted by atomic mass is 10.0. The van der Waals surface area contributed by atoms with Gasteiger partial charge >= 0.3 is 0 Å². The van der Waals surface area contributed by atoms with E-state index >= 15 is 0 Å². The molecule has 108 valence electrons. The molecule has 3 rings (SSSR count). The molecule has 2 heterocycles. The summed E-state index contributed by atoms with van der Waals surface area (Å²) in [6.07, 6.45) is 4.31. The quantitative estimate of drug-likeness (QED) is 0.788. The summed E-state index contributed by atoms with van der Waals surface area (Å²) in [6.45, 7) is 2.03. The van der Waals surface area contributed by atoms with Crippen LogP contribution in [0.2, 0.25) is 0 Å². The molecule has 0 amide bonds. The van der Waals surface area contributed by atoms with Gasteiger partial charge in [-0.2, -0.15) is 0 Å². The number of pyridine rings is 1. The highest BCUT2D eigenvalue weighted by atomic mass is 19.1. The van der Waals surface area contributed by atoms with Crippen molar-refractivity contribution in [3.8, 4) is 16.9 Å². The fourth-order valence-electron chi connectivity index (χ4n) is 2.43. The lowest BCUT2D eigenvalue weighted by Crippen LogP contribution is -1.94. The number of fused-ring (bicyclic) bond motifs is 1. The molecule has 0 aliphatic heterocycles. The van der Waals surface area contributed by atoms with Gasteiger partial charge in [-0.05, 0) is 24.1 Å². The molecule has 3 nitrogen and oxygen atoms in total. The number of aromatic amines is 1. The van der Waals surface area contributed by atoms with Crippen molar-refractivity contribution in [2.24, 2.45) is 0 Å². The van der Waals surface area contributed by atoms with Crippen molar-refractivity contribution in [2.75, 3.05) is 7.11 Å². The maximum absolute atomic E-state index is 13.9. The number of hydrogen-bond donors (Lipinski definition) is 1. The second kappa shape index (κ2) is 5.16. The van der Waals surface area contributed by atoms with Gasteiger partial charge < -0.3 is 9.72 Å². The van der Waals surface area contributed by atoms with Gasteiger partial charge in [0.05, 0.1) is 7.11 Å². The Hall–Kier alpha value is -2.43. The molecule has 0 saturated heterocycles. The van der Waals surface area contributed by atoms with Crippen molar-refractivity contribution in [1.29, 1.82) is 0 Å². The first-order chi connectivity index (χ1) is 10.1. The average molecular weight is 288 g/mol. The number of halogens is 2. The lowest BCUT2D eigenvalue weighted by molar-refractivity contribution is 0.386. The first kappa shape index (κ1) is 13.5. The van der Waals surface area contributed by atoms with Crippen LogP contribution in [0, 0.1) is 11.6 Å². The minimum Gasteiger partial charge on any atom is -0.493 e. The topological polar surface area (TPSA) is 37.9 Å². The van der Waals surface area contributed by atoms with E-state index in [-0.39, 0.29) is 5.75 Å². The van der Waals surface area contributed by atoms with Crippen molar-refractivity contribution in [3.05, 3.63) is 47.8 Å². The Labute approximate surface area is 120 Å². The van der Waals surface area contributed by atoms with Crippen LogP contribution >= 0.6 is 0 Å². The molecule has 0 saturated carbocycles. The molecular formula is C16H14F2N2O. The second-order valence-corrected chi connectivity index (χ2v) is 4.76. The number of nitrogens with zero attached hydrogens (tertiary/aromatic N) is 1. The van der Waals surface area contributed by atoms with Crippen LogP contribution in [0.5, 0.6) is 5.75 Å². The Morgan fingerprint density at radius 3 is 2.71 bits per heavy atom. The van der Waals surface area contributed by atoms with Crippen LogP contribution < -0.4 is 4.74 Å². The number of aromatic nitrogens is 2. The zero-order valence-corrected chi connectivity index (χ0v) is 11.7. The molecule has 1 N–H and O–H groups in total. The third kappa shape index (κ3) is 2.24. The Balaban J connectivity index is 2.30. The summed E-state index contributed by atoms with van der Waals surface area (Å²) in [6, 6.07) is 4.05. The molecule has 21 heavy (non-hydrogen) atoms. The van der Waals surface area contributed by atoms with Gasteiger partial charge in [0, 0.05) is 35.0 Å². The maximum atomic E-state index is 13.9.